The Hall–Kier alpha value is -1.95. The van der Waals surface area contributed by atoms with Crippen molar-refractivity contribution in [1.82, 2.24) is 23.4 Å². The first kappa shape index (κ1) is 18.4. The van der Waals surface area contributed by atoms with Gasteiger partial charge in [-0.3, -0.25) is 4.79 Å². The number of rotatable bonds is 5. The van der Waals surface area contributed by atoms with E-state index < -0.39 is 10.0 Å². The van der Waals surface area contributed by atoms with E-state index in [1.165, 1.54) is 15.6 Å². The van der Waals surface area contributed by atoms with E-state index >= 15 is 0 Å². The average Bonchev–Trinajstić information content (AvgIpc) is 3.37. The number of hydrogen-bond acceptors (Lipinski definition) is 8. The predicted octanol–water partition coefficient (Wildman–Crippen LogP) is 1.86. The molecular weight excluding hydrogens is 406 g/mol. The molecule has 2 aromatic heterocycles. The van der Waals surface area contributed by atoms with Gasteiger partial charge in [-0.2, -0.15) is 13.1 Å². The third-order valence-electron chi connectivity index (χ3n) is 4.62. The van der Waals surface area contributed by atoms with Crippen LogP contribution in [-0.4, -0.2) is 45.5 Å². The topological polar surface area (TPSA) is 105 Å². The Kier molecular flexibility index (Phi) is 5.17. The Morgan fingerprint density at radius 3 is 2.81 bits per heavy atom. The summed E-state index contributed by atoms with van der Waals surface area (Å²) in [6.07, 6.45) is 0.987. The van der Waals surface area contributed by atoms with Gasteiger partial charge >= 0.3 is 0 Å². The van der Waals surface area contributed by atoms with Crippen LogP contribution in [0.25, 0.3) is 11.0 Å². The second kappa shape index (κ2) is 7.58. The summed E-state index contributed by atoms with van der Waals surface area (Å²) in [4.78, 5) is 16.7. The number of benzene rings is 1. The zero-order chi connectivity index (χ0) is 18.9. The van der Waals surface area contributed by atoms with Crippen LogP contribution in [0.3, 0.4) is 0 Å². The lowest BCUT2D eigenvalue weighted by Gasteiger charge is -2.30. The number of thiazole rings is 1. The number of nitrogens with one attached hydrogen (secondary N) is 1. The van der Waals surface area contributed by atoms with Crippen LogP contribution < -0.4 is 5.32 Å². The molecule has 1 aromatic carbocycles. The molecule has 0 spiro atoms. The molecule has 1 aliphatic heterocycles. The Morgan fingerprint density at radius 2 is 2.07 bits per heavy atom. The van der Waals surface area contributed by atoms with Gasteiger partial charge in [0.1, 0.15) is 15.9 Å². The molecule has 0 unspecified atom stereocenters. The van der Waals surface area contributed by atoms with Crippen molar-refractivity contribution in [2.45, 2.75) is 24.3 Å². The van der Waals surface area contributed by atoms with E-state index in [0.717, 1.165) is 17.4 Å². The summed E-state index contributed by atoms with van der Waals surface area (Å²) in [5, 5.41) is 4.77. The van der Waals surface area contributed by atoms with Gasteiger partial charge < -0.3 is 5.32 Å². The van der Waals surface area contributed by atoms with Crippen LogP contribution >= 0.6 is 23.1 Å². The first-order valence-electron chi connectivity index (χ1n) is 8.42. The fraction of sp³-hybridized carbons (Fsp3) is 0.375. The number of sulfonamides is 1. The molecule has 1 amide bonds. The standard InChI is InChI=1S/C16H17N5O3S3/c22-16(17-8-12-9-25-10-18-12)11-4-6-21(7-5-11)27(23,24)14-3-1-2-13-15(14)20-26-19-13/h1-3,9-11H,4-8H2,(H,17,22). The molecular formula is C16H17N5O3S3. The maximum Gasteiger partial charge on any atom is 0.245 e. The van der Waals surface area contributed by atoms with Crippen molar-refractivity contribution in [3.05, 3.63) is 34.8 Å². The molecule has 4 rings (SSSR count). The van der Waals surface area contributed by atoms with Gasteiger partial charge in [0, 0.05) is 24.4 Å². The molecule has 0 aliphatic carbocycles. The molecule has 0 radical (unpaired) electrons. The van der Waals surface area contributed by atoms with Crippen LogP contribution in [0, 0.1) is 5.92 Å². The number of piperidine rings is 1. The highest BCUT2D eigenvalue weighted by molar-refractivity contribution is 7.89. The summed E-state index contributed by atoms with van der Waals surface area (Å²) in [7, 11) is -3.66. The van der Waals surface area contributed by atoms with Crippen LogP contribution in [0.4, 0.5) is 0 Å². The monoisotopic (exact) mass is 423 g/mol. The molecule has 1 aliphatic rings. The van der Waals surface area contributed by atoms with E-state index in [-0.39, 0.29) is 16.7 Å². The third-order valence-corrected chi connectivity index (χ3v) is 7.73. The van der Waals surface area contributed by atoms with Crippen molar-refractivity contribution >= 4 is 50.0 Å². The first-order valence-corrected chi connectivity index (χ1v) is 11.5. The minimum atomic E-state index is -3.66. The molecule has 3 heterocycles. The molecule has 0 atom stereocenters. The first-order chi connectivity index (χ1) is 13.1. The molecule has 27 heavy (non-hydrogen) atoms. The van der Waals surface area contributed by atoms with Crippen molar-refractivity contribution in [3.63, 3.8) is 0 Å². The second-order valence-electron chi connectivity index (χ2n) is 6.26. The van der Waals surface area contributed by atoms with E-state index in [4.69, 9.17) is 0 Å². The molecule has 11 heteroatoms. The van der Waals surface area contributed by atoms with Gasteiger partial charge in [-0.05, 0) is 25.0 Å². The molecule has 8 nitrogen and oxygen atoms in total. The summed E-state index contributed by atoms with van der Waals surface area (Å²) in [6.45, 7) is 1.02. The molecule has 1 saturated heterocycles. The third kappa shape index (κ3) is 3.72. The van der Waals surface area contributed by atoms with Crippen molar-refractivity contribution in [2.24, 2.45) is 5.92 Å². The quantitative estimate of drug-likeness (QED) is 0.672. The fourth-order valence-corrected chi connectivity index (χ4v) is 5.91. The van der Waals surface area contributed by atoms with E-state index in [1.54, 1.807) is 23.7 Å². The van der Waals surface area contributed by atoms with Crippen LogP contribution in [0.2, 0.25) is 0 Å². The average molecular weight is 424 g/mol. The van der Waals surface area contributed by atoms with E-state index in [2.05, 4.69) is 19.0 Å². The maximum absolute atomic E-state index is 13.0. The number of fused-ring (bicyclic) bond motifs is 1. The van der Waals surface area contributed by atoms with Crippen molar-refractivity contribution in [1.29, 1.82) is 0 Å². The van der Waals surface area contributed by atoms with Crippen LogP contribution in [0.5, 0.6) is 0 Å². The van der Waals surface area contributed by atoms with E-state index in [9.17, 15) is 13.2 Å². The van der Waals surface area contributed by atoms with E-state index in [1.807, 2.05) is 5.38 Å². The van der Waals surface area contributed by atoms with Crippen molar-refractivity contribution in [3.8, 4) is 0 Å². The van der Waals surface area contributed by atoms with Gasteiger partial charge in [-0.1, -0.05) is 6.07 Å². The highest BCUT2D eigenvalue weighted by atomic mass is 32.2. The molecule has 142 valence electrons. The van der Waals surface area contributed by atoms with Gasteiger partial charge in [0.05, 0.1) is 29.5 Å². The number of carbonyl (C=O) groups is 1. The van der Waals surface area contributed by atoms with Crippen molar-refractivity contribution < 1.29 is 13.2 Å². The van der Waals surface area contributed by atoms with Gasteiger partial charge in [-0.15, -0.1) is 11.3 Å². The van der Waals surface area contributed by atoms with Crippen LogP contribution in [-0.2, 0) is 21.4 Å². The Balaban J connectivity index is 1.41. The number of aromatic nitrogens is 3. The lowest BCUT2D eigenvalue weighted by molar-refractivity contribution is -0.126. The molecule has 1 N–H and O–H groups in total. The van der Waals surface area contributed by atoms with Crippen LogP contribution in [0.1, 0.15) is 18.5 Å². The summed E-state index contributed by atoms with van der Waals surface area (Å²) >= 11 is 2.48. The zero-order valence-electron chi connectivity index (χ0n) is 14.2. The summed E-state index contributed by atoms with van der Waals surface area (Å²) in [5.74, 6) is -0.238. The summed E-state index contributed by atoms with van der Waals surface area (Å²) < 4.78 is 35.7. The highest BCUT2D eigenvalue weighted by Gasteiger charge is 2.33. The zero-order valence-corrected chi connectivity index (χ0v) is 16.7. The van der Waals surface area contributed by atoms with Crippen LogP contribution in [0.15, 0.2) is 34.0 Å². The lowest BCUT2D eigenvalue weighted by atomic mass is 9.97. The van der Waals surface area contributed by atoms with Gasteiger partial charge in [-0.25, -0.2) is 13.4 Å². The smallest absolute Gasteiger partial charge is 0.245 e. The molecule has 1 fully saturated rings. The number of carbonyl (C=O) groups excluding carboxylic acids is 1. The Bertz CT molecular complexity index is 1040. The minimum absolute atomic E-state index is 0.0501. The predicted molar refractivity (Wildman–Crippen MR) is 103 cm³/mol. The Labute approximate surface area is 164 Å². The molecule has 3 aromatic rings. The van der Waals surface area contributed by atoms with Gasteiger partial charge in [0.2, 0.25) is 15.9 Å². The van der Waals surface area contributed by atoms with Gasteiger partial charge in [0.15, 0.2) is 0 Å². The lowest BCUT2D eigenvalue weighted by Crippen LogP contribution is -2.42. The summed E-state index contributed by atoms with van der Waals surface area (Å²) in [6, 6.07) is 4.98. The largest absolute Gasteiger partial charge is 0.350 e. The minimum Gasteiger partial charge on any atom is -0.350 e. The summed E-state index contributed by atoms with van der Waals surface area (Å²) in [5.41, 5.74) is 3.55. The number of amides is 1. The number of hydrogen-bond donors (Lipinski definition) is 1. The second-order valence-corrected chi connectivity index (χ2v) is 9.42. The SMILES string of the molecule is O=C(NCc1cscn1)C1CCN(S(=O)(=O)c2cccc3nsnc23)CC1. The maximum atomic E-state index is 13.0. The van der Waals surface area contributed by atoms with E-state index in [0.29, 0.717) is 43.5 Å². The normalized spacial score (nSPS) is 16.6. The fourth-order valence-electron chi connectivity index (χ4n) is 3.13. The van der Waals surface area contributed by atoms with Gasteiger partial charge in [0.25, 0.3) is 0 Å². The van der Waals surface area contributed by atoms with Crippen molar-refractivity contribution in [2.75, 3.05) is 13.1 Å². The highest BCUT2D eigenvalue weighted by Crippen LogP contribution is 2.28. The molecule has 0 bridgehead atoms. The number of nitrogens with zero attached hydrogens (tertiary/aromatic N) is 4. The molecule has 0 saturated carbocycles. The Morgan fingerprint density at radius 1 is 1.26 bits per heavy atom.